The molecule has 1 aromatic carbocycles. The molecule has 0 aliphatic carbocycles. The molecule has 1 amide bonds. The highest BCUT2D eigenvalue weighted by atomic mass is 35.5. The maximum atomic E-state index is 13.1. The molecule has 0 aliphatic rings. The largest absolute Gasteiger partial charge is 0.309 e. The Balaban J connectivity index is 1.88. The van der Waals surface area contributed by atoms with E-state index in [4.69, 9.17) is 11.6 Å². The normalized spacial score (nSPS) is 11.5. The summed E-state index contributed by atoms with van der Waals surface area (Å²) in [5.74, 6) is -0.0184. The van der Waals surface area contributed by atoms with Crippen LogP contribution in [0.25, 0.3) is 10.2 Å². The molecule has 2 heterocycles. The number of aryl methyl sites for hydroxylation is 2. The van der Waals surface area contributed by atoms with Gasteiger partial charge in [-0.05, 0) is 59.1 Å². The number of hydrogen-bond donors (Lipinski definition) is 0. The molecule has 0 saturated carbocycles. The van der Waals surface area contributed by atoms with Crippen LogP contribution in [-0.4, -0.2) is 52.8 Å². The summed E-state index contributed by atoms with van der Waals surface area (Å²) in [6.45, 7) is 5.59. The van der Waals surface area contributed by atoms with Gasteiger partial charge in [-0.15, -0.1) is 0 Å². The fourth-order valence-electron chi connectivity index (χ4n) is 2.94. The predicted octanol–water partition coefficient (Wildman–Crippen LogP) is 3.75. The Bertz CT molecular complexity index is 949. The minimum Gasteiger partial charge on any atom is -0.309 e. The number of nitrogens with zero attached hydrogens (tertiary/aromatic N) is 5. The van der Waals surface area contributed by atoms with E-state index in [-0.39, 0.29) is 12.5 Å². The molecule has 0 radical (unpaired) electrons. The van der Waals surface area contributed by atoms with Crippen LogP contribution in [0.4, 0.5) is 5.13 Å². The molecule has 0 atom stereocenters. The second kappa shape index (κ2) is 8.37. The number of aromatic nitrogens is 3. The van der Waals surface area contributed by atoms with Crippen LogP contribution in [-0.2, 0) is 11.3 Å². The molecule has 144 valence electrons. The summed E-state index contributed by atoms with van der Waals surface area (Å²) < 4.78 is 2.73. The van der Waals surface area contributed by atoms with Crippen LogP contribution in [0.5, 0.6) is 0 Å². The molecule has 0 unspecified atom stereocenters. The monoisotopic (exact) mass is 405 g/mol. The lowest BCUT2D eigenvalue weighted by Crippen LogP contribution is -2.36. The Morgan fingerprint density at radius 1 is 1.26 bits per heavy atom. The molecule has 3 aromatic rings. The topological polar surface area (TPSA) is 54.3 Å². The number of anilines is 1. The van der Waals surface area contributed by atoms with Crippen molar-refractivity contribution in [3.05, 3.63) is 40.7 Å². The van der Waals surface area contributed by atoms with Crippen molar-refractivity contribution in [2.24, 2.45) is 0 Å². The molecule has 8 heteroatoms. The lowest BCUT2D eigenvalue weighted by Gasteiger charge is -2.21. The van der Waals surface area contributed by atoms with E-state index in [0.717, 1.165) is 34.6 Å². The van der Waals surface area contributed by atoms with Crippen LogP contribution in [0.15, 0.2) is 24.3 Å². The second-order valence-electron chi connectivity index (χ2n) is 6.87. The molecule has 27 heavy (non-hydrogen) atoms. The molecule has 6 nitrogen and oxygen atoms in total. The Morgan fingerprint density at radius 3 is 2.67 bits per heavy atom. The zero-order valence-corrected chi connectivity index (χ0v) is 17.6. The first-order chi connectivity index (χ1) is 12.8. The molecule has 0 saturated heterocycles. The average molecular weight is 406 g/mol. The highest BCUT2D eigenvalue weighted by Gasteiger charge is 2.21. The van der Waals surface area contributed by atoms with Gasteiger partial charge in [0.1, 0.15) is 12.1 Å². The van der Waals surface area contributed by atoms with Gasteiger partial charge in [0, 0.05) is 12.2 Å². The standard InChI is InChI=1S/C19H24ClN5OS/c1-13-11-14(2)25(22-13)12-17(26)24(10-6-9-23(3)4)19-21-18-15(20)7-5-8-16(18)27-19/h5,7-8,11H,6,9-10,12H2,1-4H3. The van der Waals surface area contributed by atoms with Crippen molar-refractivity contribution in [3.63, 3.8) is 0 Å². The number of benzene rings is 1. The van der Waals surface area contributed by atoms with Crippen LogP contribution >= 0.6 is 22.9 Å². The number of hydrogen-bond acceptors (Lipinski definition) is 5. The Hall–Kier alpha value is -1.96. The van der Waals surface area contributed by atoms with Crippen molar-refractivity contribution in [1.82, 2.24) is 19.7 Å². The van der Waals surface area contributed by atoms with E-state index in [2.05, 4.69) is 15.0 Å². The number of carbonyl (C=O) groups excluding carboxylic acids is 1. The van der Waals surface area contributed by atoms with Crippen LogP contribution in [0.1, 0.15) is 17.8 Å². The quantitative estimate of drug-likeness (QED) is 0.600. The lowest BCUT2D eigenvalue weighted by atomic mass is 10.3. The van der Waals surface area contributed by atoms with Gasteiger partial charge in [0.15, 0.2) is 5.13 Å². The zero-order valence-electron chi connectivity index (χ0n) is 16.1. The van der Waals surface area contributed by atoms with E-state index < -0.39 is 0 Å². The Kier molecular flexibility index (Phi) is 6.14. The first-order valence-electron chi connectivity index (χ1n) is 8.86. The third-order valence-electron chi connectivity index (χ3n) is 4.27. The van der Waals surface area contributed by atoms with Crippen molar-refractivity contribution in [3.8, 4) is 0 Å². The van der Waals surface area contributed by atoms with Crippen LogP contribution in [0.3, 0.4) is 0 Å². The summed E-state index contributed by atoms with van der Waals surface area (Å²) >= 11 is 7.77. The smallest absolute Gasteiger partial charge is 0.250 e. The highest BCUT2D eigenvalue weighted by molar-refractivity contribution is 7.22. The van der Waals surface area contributed by atoms with E-state index in [1.807, 2.05) is 52.2 Å². The molecule has 0 spiro atoms. The van der Waals surface area contributed by atoms with E-state index in [1.165, 1.54) is 11.3 Å². The summed E-state index contributed by atoms with van der Waals surface area (Å²) in [7, 11) is 4.05. The van der Waals surface area contributed by atoms with Gasteiger partial charge < -0.3 is 4.90 Å². The van der Waals surface area contributed by atoms with Crippen LogP contribution in [0, 0.1) is 13.8 Å². The van der Waals surface area contributed by atoms with E-state index in [1.54, 1.807) is 9.58 Å². The van der Waals surface area contributed by atoms with E-state index >= 15 is 0 Å². The average Bonchev–Trinajstić information content (AvgIpc) is 3.15. The summed E-state index contributed by atoms with van der Waals surface area (Å²) in [6, 6.07) is 7.68. The SMILES string of the molecule is Cc1cc(C)n(CC(=O)N(CCCN(C)C)c2nc3c(Cl)cccc3s2)n1. The van der Waals surface area contributed by atoms with Crippen LogP contribution < -0.4 is 4.90 Å². The van der Waals surface area contributed by atoms with Crippen molar-refractivity contribution < 1.29 is 4.79 Å². The zero-order chi connectivity index (χ0) is 19.6. The molecule has 0 aliphatic heterocycles. The molecular weight excluding hydrogens is 382 g/mol. The summed E-state index contributed by atoms with van der Waals surface area (Å²) in [6.07, 6.45) is 0.861. The van der Waals surface area contributed by atoms with Gasteiger partial charge in [0.25, 0.3) is 5.91 Å². The number of fused-ring (bicyclic) bond motifs is 1. The minimum atomic E-state index is -0.0184. The van der Waals surface area contributed by atoms with Crippen LogP contribution in [0.2, 0.25) is 5.02 Å². The van der Waals surface area contributed by atoms with Gasteiger partial charge in [0.05, 0.1) is 15.4 Å². The van der Waals surface area contributed by atoms with E-state index in [9.17, 15) is 4.79 Å². The van der Waals surface area contributed by atoms with Gasteiger partial charge in [-0.3, -0.25) is 14.4 Å². The van der Waals surface area contributed by atoms with E-state index in [0.29, 0.717) is 16.7 Å². The third kappa shape index (κ3) is 4.66. The number of rotatable bonds is 7. The fourth-order valence-corrected chi connectivity index (χ4v) is 4.25. The van der Waals surface area contributed by atoms with Crippen molar-refractivity contribution in [2.45, 2.75) is 26.8 Å². The molecule has 2 aromatic heterocycles. The van der Waals surface area contributed by atoms with Gasteiger partial charge in [-0.25, -0.2) is 4.98 Å². The molecule has 0 bridgehead atoms. The Morgan fingerprint density at radius 2 is 2.04 bits per heavy atom. The maximum absolute atomic E-state index is 13.1. The fraction of sp³-hybridized carbons (Fsp3) is 0.421. The van der Waals surface area contributed by atoms with Gasteiger partial charge in [0.2, 0.25) is 0 Å². The number of amides is 1. The number of thiazole rings is 1. The van der Waals surface area contributed by atoms with Crippen molar-refractivity contribution in [1.29, 1.82) is 0 Å². The molecule has 0 N–H and O–H groups in total. The second-order valence-corrected chi connectivity index (χ2v) is 8.29. The first kappa shape index (κ1) is 19.8. The van der Waals surface area contributed by atoms with Gasteiger partial charge in [-0.1, -0.05) is 29.0 Å². The van der Waals surface area contributed by atoms with Crippen molar-refractivity contribution >= 4 is 44.2 Å². The Labute approximate surface area is 168 Å². The summed E-state index contributed by atoms with van der Waals surface area (Å²) in [5.41, 5.74) is 2.63. The third-order valence-corrected chi connectivity index (χ3v) is 5.61. The maximum Gasteiger partial charge on any atom is 0.250 e. The number of halogens is 1. The molecule has 3 rings (SSSR count). The summed E-state index contributed by atoms with van der Waals surface area (Å²) in [5, 5.41) is 5.70. The molecule has 0 fully saturated rings. The molecular formula is C19H24ClN5OS. The number of para-hydroxylation sites is 1. The highest BCUT2D eigenvalue weighted by Crippen LogP contribution is 2.33. The first-order valence-corrected chi connectivity index (χ1v) is 10.1. The number of carbonyl (C=O) groups is 1. The predicted molar refractivity (Wildman–Crippen MR) is 112 cm³/mol. The van der Waals surface area contributed by atoms with Crippen molar-refractivity contribution in [2.75, 3.05) is 32.1 Å². The van der Waals surface area contributed by atoms with Gasteiger partial charge >= 0.3 is 0 Å². The summed E-state index contributed by atoms with van der Waals surface area (Å²) in [4.78, 5) is 21.6. The lowest BCUT2D eigenvalue weighted by molar-refractivity contribution is -0.119. The minimum absolute atomic E-state index is 0.0184. The van der Waals surface area contributed by atoms with Gasteiger partial charge in [-0.2, -0.15) is 5.10 Å².